The quantitative estimate of drug-likeness (QED) is 0.668. The number of hydrogen-bond donors (Lipinski definition) is 0. The number of imidazole rings is 1. The zero-order valence-electron chi connectivity index (χ0n) is 13.7. The first-order valence-corrected chi connectivity index (χ1v) is 8.66. The van der Waals surface area contributed by atoms with Gasteiger partial charge in [0.05, 0.1) is 17.9 Å². The molecule has 2 aromatic heterocycles. The maximum absolute atomic E-state index is 4.82. The highest BCUT2D eigenvalue weighted by Crippen LogP contribution is 2.34. The zero-order chi connectivity index (χ0) is 16.2. The highest BCUT2D eigenvalue weighted by Gasteiger charge is 2.18. The van der Waals surface area contributed by atoms with Crippen molar-refractivity contribution in [3.8, 4) is 0 Å². The number of benzene rings is 1. The number of nitrogens with zero attached hydrogens (tertiary/aromatic N) is 3. The maximum atomic E-state index is 4.82. The Hall–Kier alpha value is -2.07. The Bertz CT molecular complexity index is 764. The van der Waals surface area contributed by atoms with Crippen LogP contribution in [0.5, 0.6) is 0 Å². The lowest BCUT2D eigenvalue weighted by Crippen LogP contribution is -2.05. The molecular formula is C19H21N3S. The lowest BCUT2D eigenvalue weighted by molar-refractivity contribution is 0.676. The first-order chi connectivity index (χ1) is 11.1. The van der Waals surface area contributed by atoms with Gasteiger partial charge in [-0.3, -0.25) is 4.98 Å². The summed E-state index contributed by atoms with van der Waals surface area (Å²) >= 11 is 1.78. The van der Waals surface area contributed by atoms with Gasteiger partial charge in [-0.25, -0.2) is 4.98 Å². The van der Waals surface area contributed by atoms with Gasteiger partial charge in [0.15, 0.2) is 0 Å². The Morgan fingerprint density at radius 2 is 1.78 bits per heavy atom. The van der Waals surface area contributed by atoms with E-state index in [0.717, 1.165) is 23.8 Å². The molecule has 4 heteroatoms. The molecule has 0 aliphatic carbocycles. The summed E-state index contributed by atoms with van der Waals surface area (Å²) in [5.74, 6) is 1.43. The number of aryl methyl sites for hydroxylation is 1. The van der Waals surface area contributed by atoms with Crippen LogP contribution in [-0.4, -0.2) is 14.5 Å². The molecule has 3 nitrogen and oxygen atoms in total. The summed E-state index contributed by atoms with van der Waals surface area (Å²) in [6.45, 7) is 7.22. The van der Waals surface area contributed by atoms with Crippen LogP contribution in [0.3, 0.4) is 0 Å². The topological polar surface area (TPSA) is 30.7 Å². The average Bonchev–Trinajstić information content (AvgIpc) is 2.86. The Balaban J connectivity index is 2.00. The lowest BCUT2D eigenvalue weighted by Gasteiger charge is -2.12. The second kappa shape index (κ2) is 7.01. The maximum Gasteiger partial charge on any atom is 0.107 e. The van der Waals surface area contributed by atoms with E-state index in [0.29, 0.717) is 5.92 Å². The van der Waals surface area contributed by atoms with Gasteiger partial charge in [-0.15, -0.1) is 0 Å². The van der Waals surface area contributed by atoms with Crippen LogP contribution in [0.2, 0.25) is 0 Å². The average molecular weight is 323 g/mol. The van der Waals surface area contributed by atoms with Gasteiger partial charge in [-0.05, 0) is 37.1 Å². The van der Waals surface area contributed by atoms with Crippen molar-refractivity contribution in [2.45, 2.75) is 43.2 Å². The molecule has 1 aromatic carbocycles. The van der Waals surface area contributed by atoms with Crippen LogP contribution in [0.25, 0.3) is 0 Å². The van der Waals surface area contributed by atoms with Crippen molar-refractivity contribution in [3.05, 3.63) is 71.9 Å². The summed E-state index contributed by atoms with van der Waals surface area (Å²) < 4.78 is 2.27. The molecule has 3 rings (SSSR count). The third-order valence-electron chi connectivity index (χ3n) is 3.69. The Kier molecular flexibility index (Phi) is 4.82. The van der Waals surface area contributed by atoms with Crippen LogP contribution < -0.4 is 0 Å². The van der Waals surface area contributed by atoms with E-state index in [4.69, 9.17) is 4.98 Å². The fourth-order valence-electron chi connectivity index (χ4n) is 2.49. The second-order valence-corrected chi connectivity index (χ2v) is 6.89. The third kappa shape index (κ3) is 3.64. The van der Waals surface area contributed by atoms with Crippen LogP contribution in [-0.2, 0) is 6.54 Å². The summed E-state index contributed by atoms with van der Waals surface area (Å²) in [6.07, 6.45) is 1.84. The Morgan fingerprint density at radius 1 is 1.04 bits per heavy atom. The van der Waals surface area contributed by atoms with Crippen molar-refractivity contribution < 1.29 is 0 Å². The normalized spacial score (nSPS) is 11.1. The predicted octanol–water partition coefficient (Wildman–Crippen LogP) is 4.91. The molecule has 0 radical (unpaired) electrons. The molecule has 0 N–H and O–H groups in total. The van der Waals surface area contributed by atoms with Crippen LogP contribution in [0, 0.1) is 6.92 Å². The summed E-state index contributed by atoms with van der Waals surface area (Å²) in [7, 11) is 0. The molecule has 0 bridgehead atoms. The van der Waals surface area contributed by atoms with Crippen LogP contribution in [0.15, 0.2) is 64.6 Å². The fraction of sp³-hybridized carbons (Fsp3) is 0.263. The van der Waals surface area contributed by atoms with Crippen molar-refractivity contribution in [2.24, 2.45) is 0 Å². The first kappa shape index (κ1) is 15.8. The van der Waals surface area contributed by atoms with E-state index in [1.54, 1.807) is 11.8 Å². The van der Waals surface area contributed by atoms with E-state index in [1.165, 1.54) is 9.92 Å². The van der Waals surface area contributed by atoms with Gasteiger partial charge in [-0.1, -0.05) is 49.9 Å². The van der Waals surface area contributed by atoms with Crippen LogP contribution in [0.1, 0.15) is 37.0 Å². The fourth-order valence-corrected chi connectivity index (χ4v) is 3.70. The van der Waals surface area contributed by atoms with Crippen LogP contribution >= 0.6 is 11.8 Å². The third-order valence-corrected chi connectivity index (χ3v) is 4.82. The second-order valence-electron chi connectivity index (χ2n) is 5.83. The summed E-state index contributed by atoms with van der Waals surface area (Å²) in [6, 6.07) is 16.5. The number of rotatable bonds is 5. The summed E-state index contributed by atoms with van der Waals surface area (Å²) in [4.78, 5) is 10.5. The van der Waals surface area contributed by atoms with E-state index >= 15 is 0 Å². The Morgan fingerprint density at radius 3 is 2.43 bits per heavy atom. The van der Waals surface area contributed by atoms with Gasteiger partial charge in [0.25, 0.3) is 0 Å². The van der Waals surface area contributed by atoms with Gasteiger partial charge in [-0.2, -0.15) is 0 Å². The van der Waals surface area contributed by atoms with E-state index in [2.05, 4.69) is 60.7 Å². The van der Waals surface area contributed by atoms with Crippen molar-refractivity contribution in [3.63, 3.8) is 0 Å². The largest absolute Gasteiger partial charge is 0.317 e. The molecule has 0 aliphatic rings. The van der Waals surface area contributed by atoms with Gasteiger partial charge in [0.1, 0.15) is 10.9 Å². The monoisotopic (exact) mass is 323 g/mol. The molecule has 0 fully saturated rings. The molecule has 23 heavy (non-hydrogen) atoms. The molecule has 0 spiro atoms. The molecule has 0 aliphatic heterocycles. The van der Waals surface area contributed by atoms with Crippen molar-refractivity contribution in [2.75, 3.05) is 0 Å². The Labute approximate surface area is 141 Å². The van der Waals surface area contributed by atoms with Crippen molar-refractivity contribution >= 4 is 11.8 Å². The standard InChI is InChI=1S/C19H21N3S/c1-14(2)18-19(23-17-10-5-4-6-11-17)22(15(3)21-18)13-16-9-7-8-12-20-16/h4-12,14H,13H2,1-3H3. The molecule has 2 heterocycles. The molecule has 0 amide bonds. The zero-order valence-corrected chi connectivity index (χ0v) is 14.5. The minimum Gasteiger partial charge on any atom is -0.317 e. The van der Waals surface area contributed by atoms with E-state index in [-0.39, 0.29) is 0 Å². The van der Waals surface area contributed by atoms with Gasteiger partial charge < -0.3 is 4.57 Å². The first-order valence-electron chi connectivity index (χ1n) is 7.85. The number of hydrogen-bond acceptors (Lipinski definition) is 3. The van der Waals surface area contributed by atoms with E-state index in [9.17, 15) is 0 Å². The van der Waals surface area contributed by atoms with Gasteiger partial charge in [0, 0.05) is 11.1 Å². The minimum absolute atomic E-state index is 0.393. The van der Waals surface area contributed by atoms with Gasteiger partial charge >= 0.3 is 0 Å². The lowest BCUT2D eigenvalue weighted by atomic mass is 10.1. The number of pyridine rings is 1. The number of aromatic nitrogens is 3. The molecule has 0 atom stereocenters. The highest BCUT2D eigenvalue weighted by atomic mass is 32.2. The molecule has 0 saturated carbocycles. The summed E-state index contributed by atoms with van der Waals surface area (Å²) in [5, 5.41) is 1.22. The summed E-state index contributed by atoms with van der Waals surface area (Å²) in [5.41, 5.74) is 2.21. The smallest absolute Gasteiger partial charge is 0.107 e. The molecular weight excluding hydrogens is 302 g/mol. The van der Waals surface area contributed by atoms with Crippen molar-refractivity contribution in [1.29, 1.82) is 0 Å². The minimum atomic E-state index is 0.393. The molecule has 118 valence electrons. The molecule has 0 saturated heterocycles. The molecule has 3 aromatic rings. The van der Waals surface area contributed by atoms with E-state index < -0.39 is 0 Å². The van der Waals surface area contributed by atoms with Gasteiger partial charge in [0.2, 0.25) is 0 Å². The SMILES string of the molecule is Cc1nc(C(C)C)c(Sc2ccccc2)n1Cc1ccccn1. The van der Waals surface area contributed by atoms with E-state index in [1.807, 2.05) is 24.4 Å². The molecule has 0 unspecified atom stereocenters. The van der Waals surface area contributed by atoms with Crippen molar-refractivity contribution in [1.82, 2.24) is 14.5 Å². The highest BCUT2D eigenvalue weighted by molar-refractivity contribution is 7.99. The predicted molar refractivity (Wildman–Crippen MR) is 95.0 cm³/mol. The van der Waals surface area contributed by atoms with Crippen LogP contribution in [0.4, 0.5) is 0 Å².